The Hall–Kier alpha value is -1.03. The maximum atomic E-state index is 11.6. The Morgan fingerprint density at radius 3 is 2.85 bits per heavy atom. The monoisotopic (exact) mass is 204 g/mol. The molecule has 0 unspecified atom stereocenters. The van der Waals surface area contributed by atoms with Gasteiger partial charge >= 0.3 is 0 Å². The molecule has 1 heterocycles. The molecule has 1 aromatic rings. The highest BCUT2D eigenvalue weighted by Crippen LogP contribution is 2.05. The molecule has 0 N–H and O–H groups in total. The van der Waals surface area contributed by atoms with Crippen LogP contribution in [0.5, 0.6) is 0 Å². The van der Waals surface area contributed by atoms with Gasteiger partial charge in [-0.15, -0.1) is 0 Å². The van der Waals surface area contributed by atoms with E-state index in [1.807, 2.05) is 0 Å². The SMILES string of the molecule is FC(F)/C=N/Cc1ccc(Cl)nc1. The quantitative estimate of drug-likeness (QED) is 0.549. The highest BCUT2D eigenvalue weighted by atomic mass is 35.5. The summed E-state index contributed by atoms with van der Waals surface area (Å²) in [6, 6.07) is 3.28. The maximum absolute atomic E-state index is 11.6. The molecule has 1 aromatic heterocycles. The van der Waals surface area contributed by atoms with Crippen LogP contribution in [-0.2, 0) is 6.54 Å². The number of aliphatic imine (C=N–C) groups is 1. The number of halogens is 3. The normalized spacial score (nSPS) is 11.4. The van der Waals surface area contributed by atoms with Crippen LogP contribution in [0.4, 0.5) is 8.78 Å². The molecule has 0 spiro atoms. The number of hydrogen-bond acceptors (Lipinski definition) is 2. The highest BCUT2D eigenvalue weighted by molar-refractivity contribution is 6.29. The van der Waals surface area contributed by atoms with Gasteiger partial charge in [-0.3, -0.25) is 4.99 Å². The molecule has 5 heteroatoms. The second-order valence-corrected chi connectivity index (χ2v) is 2.70. The number of pyridine rings is 1. The highest BCUT2D eigenvalue weighted by Gasteiger charge is 1.95. The summed E-state index contributed by atoms with van der Waals surface area (Å²) in [6.45, 7) is 0.203. The maximum Gasteiger partial charge on any atom is 0.273 e. The largest absolute Gasteiger partial charge is 0.287 e. The van der Waals surface area contributed by atoms with Gasteiger partial charge < -0.3 is 0 Å². The Labute approximate surface area is 79.3 Å². The first-order valence-electron chi connectivity index (χ1n) is 3.57. The van der Waals surface area contributed by atoms with Gasteiger partial charge in [0, 0.05) is 6.20 Å². The molecule has 2 nitrogen and oxygen atoms in total. The predicted molar refractivity (Wildman–Crippen MR) is 47.4 cm³/mol. The van der Waals surface area contributed by atoms with Crippen molar-refractivity contribution in [1.29, 1.82) is 0 Å². The molecule has 0 radical (unpaired) electrons. The molecule has 0 aromatic carbocycles. The summed E-state index contributed by atoms with van der Waals surface area (Å²) in [5.41, 5.74) is 0.751. The van der Waals surface area contributed by atoms with E-state index in [2.05, 4.69) is 9.98 Å². The first-order valence-corrected chi connectivity index (χ1v) is 3.95. The Bertz CT molecular complexity index is 285. The molecule has 70 valence electrons. The van der Waals surface area contributed by atoms with E-state index < -0.39 is 6.43 Å². The van der Waals surface area contributed by atoms with Crippen LogP contribution in [0, 0.1) is 0 Å². The van der Waals surface area contributed by atoms with Crippen LogP contribution in [0.1, 0.15) is 5.56 Å². The van der Waals surface area contributed by atoms with E-state index >= 15 is 0 Å². The van der Waals surface area contributed by atoms with Crippen molar-refractivity contribution in [3.8, 4) is 0 Å². The van der Waals surface area contributed by atoms with Gasteiger partial charge in [-0.05, 0) is 11.6 Å². The third-order valence-corrected chi connectivity index (χ3v) is 1.50. The predicted octanol–water partition coefficient (Wildman–Crippen LogP) is 2.57. The number of nitrogens with zero attached hydrogens (tertiary/aromatic N) is 2. The molecule has 0 bridgehead atoms. The lowest BCUT2D eigenvalue weighted by Gasteiger charge is -1.94. The molecule has 13 heavy (non-hydrogen) atoms. The average molecular weight is 205 g/mol. The summed E-state index contributed by atoms with van der Waals surface area (Å²) in [5.74, 6) is 0. The van der Waals surface area contributed by atoms with Crippen molar-refractivity contribution in [3.63, 3.8) is 0 Å². The van der Waals surface area contributed by atoms with Crippen molar-refractivity contribution >= 4 is 17.8 Å². The Morgan fingerprint density at radius 1 is 1.54 bits per heavy atom. The minimum Gasteiger partial charge on any atom is -0.287 e. The van der Waals surface area contributed by atoms with Gasteiger partial charge in [-0.2, -0.15) is 0 Å². The van der Waals surface area contributed by atoms with Gasteiger partial charge in [-0.1, -0.05) is 17.7 Å². The third kappa shape index (κ3) is 3.94. The second-order valence-electron chi connectivity index (χ2n) is 2.31. The molecule has 0 amide bonds. The van der Waals surface area contributed by atoms with E-state index in [0.717, 1.165) is 5.56 Å². The second kappa shape index (κ2) is 4.87. The fourth-order valence-corrected chi connectivity index (χ4v) is 0.850. The Balaban J connectivity index is 2.50. The summed E-state index contributed by atoms with van der Waals surface area (Å²) in [6.07, 6.45) is -0.389. The van der Waals surface area contributed by atoms with Crippen molar-refractivity contribution in [1.82, 2.24) is 4.98 Å². The lowest BCUT2D eigenvalue weighted by molar-refractivity contribution is 0.231. The van der Waals surface area contributed by atoms with E-state index in [-0.39, 0.29) is 6.54 Å². The molecular weight excluding hydrogens is 198 g/mol. The molecule has 0 fully saturated rings. The zero-order valence-electron chi connectivity index (χ0n) is 6.62. The van der Waals surface area contributed by atoms with Gasteiger partial charge in [0.2, 0.25) is 0 Å². The summed E-state index contributed by atoms with van der Waals surface area (Å²) >= 11 is 5.53. The van der Waals surface area contributed by atoms with Crippen LogP contribution in [0.25, 0.3) is 0 Å². The summed E-state index contributed by atoms with van der Waals surface area (Å²) in [7, 11) is 0. The van der Waals surface area contributed by atoms with Crippen molar-refractivity contribution in [2.45, 2.75) is 13.0 Å². The van der Waals surface area contributed by atoms with Gasteiger partial charge in [0.25, 0.3) is 6.43 Å². The summed E-state index contributed by atoms with van der Waals surface area (Å²) in [4.78, 5) is 7.29. The van der Waals surface area contributed by atoms with E-state index in [1.165, 1.54) is 6.20 Å². The minimum absolute atomic E-state index is 0.203. The zero-order chi connectivity index (χ0) is 9.68. The van der Waals surface area contributed by atoms with Gasteiger partial charge in [0.05, 0.1) is 12.8 Å². The minimum atomic E-state index is -2.50. The molecule has 0 aliphatic heterocycles. The lowest BCUT2D eigenvalue weighted by Crippen LogP contribution is -1.91. The molecule has 0 saturated carbocycles. The van der Waals surface area contributed by atoms with E-state index in [0.29, 0.717) is 11.4 Å². The topological polar surface area (TPSA) is 25.2 Å². The Kier molecular flexibility index (Phi) is 3.76. The van der Waals surface area contributed by atoms with Crippen molar-refractivity contribution < 1.29 is 8.78 Å². The first kappa shape index (κ1) is 10.1. The third-order valence-electron chi connectivity index (χ3n) is 1.28. The standard InChI is InChI=1S/C8H7ClF2N2/c9-7-2-1-6(4-13-7)3-12-5-8(10)11/h1-2,4-5,8H,3H2/b12-5+. The average Bonchev–Trinajstić information content (AvgIpc) is 2.08. The number of hydrogen-bond donors (Lipinski definition) is 0. The van der Waals surface area contributed by atoms with Crippen LogP contribution in [0.15, 0.2) is 23.3 Å². The van der Waals surface area contributed by atoms with Crippen LogP contribution in [-0.4, -0.2) is 17.6 Å². The van der Waals surface area contributed by atoms with Gasteiger partial charge in [0.15, 0.2) is 0 Å². The molecule has 0 atom stereocenters. The molecule has 0 aliphatic rings. The van der Waals surface area contributed by atoms with Crippen LogP contribution in [0.2, 0.25) is 5.15 Å². The van der Waals surface area contributed by atoms with E-state index in [4.69, 9.17) is 11.6 Å². The smallest absolute Gasteiger partial charge is 0.273 e. The van der Waals surface area contributed by atoms with Crippen molar-refractivity contribution in [3.05, 3.63) is 29.0 Å². The molecule has 0 aliphatic carbocycles. The van der Waals surface area contributed by atoms with Crippen LogP contribution < -0.4 is 0 Å². The number of aromatic nitrogens is 1. The van der Waals surface area contributed by atoms with Crippen molar-refractivity contribution in [2.24, 2.45) is 4.99 Å². The fourth-order valence-electron chi connectivity index (χ4n) is 0.738. The number of rotatable bonds is 3. The van der Waals surface area contributed by atoms with Crippen LogP contribution in [0.3, 0.4) is 0 Å². The zero-order valence-corrected chi connectivity index (χ0v) is 7.38. The number of alkyl halides is 2. The molecule has 0 saturated heterocycles. The van der Waals surface area contributed by atoms with Crippen molar-refractivity contribution in [2.75, 3.05) is 0 Å². The lowest BCUT2D eigenvalue weighted by atomic mass is 10.3. The first-order chi connectivity index (χ1) is 6.18. The fraction of sp³-hybridized carbons (Fsp3) is 0.250. The summed E-state index contributed by atoms with van der Waals surface area (Å²) < 4.78 is 23.2. The summed E-state index contributed by atoms with van der Waals surface area (Å²) in [5, 5.41) is 0.376. The van der Waals surface area contributed by atoms with Gasteiger partial charge in [-0.25, -0.2) is 13.8 Å². The molecule has 1 rings (SSSR count). The van der Waals surface area contributed by atoms with Gasteiger partial charge in [0.1, 0.15) is 5.15 Å². The van der Waals surface area contributed by atoms with E-state index in [1.54, 1.807) is 12.1 Å². The molecular formula is C8H7ClF2N2. The Morgan fingerprint density at radius 2 is 2.31 bits per heavy atom. The van der Waals surface area contributed by atoms with E-state index in [9.17, 15) is 8.78 Å². The van der Waals surface area contributed by atoms with Crippen LogP contribution >= 0.6 is 11.6 Å².